The number of rotatable bonds is 5. The molecule has 118 valence electrons. The van der Waals surface area contributed by atoms with Crippen LogP contribution in [0.1, 0.15) is 5.56 Å². The molecule has 0 bridgehead atoms. The van der Waals surface area contributed by atoms with Crippen molar-refractivity contribution in [3.8, 4) is 6.07 Å². The van der Waals surface area contributed by atoms with Gasteiger partial charge in [0.05, 0.1) is 29.8 Å². The maximum absolute atomic E-state index is 10.9. The van der Waals surface area contributed by atoms with Crippen LogP contribution in [-0.4, -0.2) is 61.7 Å². The molecule has 22 heavy (non-hydrogen) atoms. The van der Waals surface area contributed by atoms with E-state index in [2.05, 4.69) is 4.98 Å². The van der Waals surface area contributed by atoms with E-state index in [4.69, 9.17) is 27.3 Å². The molecule has 1 saturated heterocycles. The number of ether oxygens (including phenoxy) is 1. The Labute approximate surface area is 134 Å². The molecule has 2 N–H and O–H groups in total. The molecule has 0 unspecified atom stereocenters. The molecule has 8 heteroatoms. The van der Waals surface area contributed by atoms with Crippen LogP contribution in [0, 0.1) is 11.3 Å². The number of amides is 1. The van der Waals surface area contributed by atoms with Gasteiger partial charge in [-0.25, -0.2) is 4.98 Å². The lowest BCUT2D eigenvalue weighted by Crippen LogP contribution is -2.48. The van der Waals surface area contributed by atoms with E-state index in [1.54, 1.807) is 6.07 Å². The third kappa shape index (κ3) is 4.31. The SMILES string of the molecule is CN(CC(N)=O)C[C@H]1CN(c2ncc(C#N)cc2Cl)CCO1. The quantitative estimate of drug-likeness (QED) is 0.833. The summed E-state index contributed by atoms with van der Waals surface area (Å²) >= 11 is 6.20. The third-order valence-electron chi connectivity index (χ3n) is 3.33. The summed E-state index contributed by atoms with van der Waals surface area (Å²) in [6.45, 7) is 2.62. The van der Waals surface area contributed by atoms with Crippen molar-refractivity contribution < 1.29 is 9.53 Å². The number of carbonyl (C=O) groups excluding carboxylic acids is 1. The van der Waals surface area contributed by atoms with Crippen LogP contribution >= 0.6 is 11.6 Å². The number of halogens is 1. The molecule has 1 atom stereocenters. The molecule has 2 rings (SSSR count). The van der Waals surface area contributed by atoms with Crippen LogP contribution in [0.25, 0.3) is 0 Å². The van der Waals surface area contributed by atoms with E-state index in [0.717, 1.165) is 0 Å². The highest BCUT2D eigenvalue weighted by Crippen LogP contribution is 2.25. The van der Waals surface area contributed by atoms with Crippen LogP contribution in [0.2, 0.25) is 5.02 Å². The van der Waals surface area contributed by atoms with Gasteiger partial charge in [-0.3, -0.25) is 9.69 Å². The molecule has 0 spiro atoms. The Balaban J connectivity index is 2.01. The average molecular weight is 324 g/mol. The van der Waals surface area contributed by atoms with Gasteiger partial charge in [0.15, 0.2) is 0 Å². The Bertz CT molecular complexity index is 589. The van der Waals surface area contributed by atoms with Gasteiger partial charge in [-0.05, 0) is 13.1 Å². The Morgan fingerprint density at radius 3 is 3.14 bits per heavy atom. The fraction of sp³-hybridized carbons (Fsp3) is 0.500. The maximum atomic E-state index is 10.9. The van der Waals surface area contributed by atoms with E-state index in [1.807, 2.05) is 22.9 Å². The zero-order valence-electron chi connectivity index (χ0n) is 12.3. The fourth-order valence-corrected chi connectivity index (χ4v) is 2.71. The minimum atomic E-state index is -0.369. The molecule has 1 amide bonds. The van der Waals surface area contributed by atoms with E-state index in [0.29, 0.717) is 42.6 Å². The van der Waals surface area contributed by atoms with Gasteiger partial charge in [0.25, 0.3) is 0 Å². The summed E-state index contributed by atoms with van der Waals surface area (Å²) in [5.41, 5.74) is 5.61. The van der Waals surface area contributed by atoms with Crippen LogP contribution < -0.4 is 10.6 Å². The van der Waals surface area contributed by atoms with Gasteiger partial charge in [0, 0.05) is 25.8 Å². The monoisotopic (exact) mass is 323 g/mol. The standard InChI is InChI=1S/C14H18ClN5O2/c1-19(9-13(17)21)7-11-8-20(2-3-22-11)14-12(15)4-10(5-16)6-18-14/h4,6,11H,2-3,7-9H2,1H3,(H2,17,21)/t11-/m0/s1. The highest BCUT2D eigenvalue weighted by Gasteiger charge is 2.24. The van der Waals surface area contributed by atoms with Crippen molar-refractivity contribution in [2.75, 3.05) is 44.7 Å². The molecule has 1 aromatic heterocycles. The molecule has 1 fully saturated rings. The minimum absolute atomic E-state index is 0.0633. The second kappa shape index (κ2) is 7.40. The number of aromatic nitrogens is 1. The summed E-state index contributed by atoms with van der Waals surface area (Å²) in [5.74, 6) is 0.276. The second-order valence-electron chi connectivity index (χ2n) is 5.24. The van der Waals surface area contributed by atoms with Crippen LogP contribution in [0.3, 0.4) is 0 Å². The lowest BCUT2D eigenvalue weighted by atomic mass is 10.2. The lowest BCUT2D eigenvalue weighted by Gasteiger charge is -2.35. The number of morpholine rings is 1. The summed E-state index contributed by atoms with van der Waals surface area (Å²) < 4.78 is 5.71. The summed E-state index contributed by atoms with van der Waals surface area (Å²) in [5, 5.41) is 9.30. The number of nitrogens with two attached hydrogens (primary N) is 1. The molecule has 0 radical (unpaired) electrons. The number of hydrogen-bond donors (Lipinski definition) is 1. The van der Waals surface area contributed by atoms with Crippen molar-refractivity contribution in [3.05, 3.63) is 22.8 Å². The minimum Gasteiger partial charge on any atom is -0.373 e. The maximum Gasteiger partial charge on any atom is 0.231 e. The molecular weight excluding hydrogens is 306 g/mol. The summed E-state index contributed by atoms with van der Waals surface area (Å²) in [4.78, 5) is 19.0. The summed E-state index contributed by atoms with van der Waals surface area (Å²) in [6.07, 6.45) is 1.44. The largest absolute Gasteiger partial charge is 0.373 e. The van der Waals surface area contributed by atoms with Crippen molar-refractivity contribution >= 4 is 23.3 Å². The van der Waals surface area contributed by atoms with Crippen molar-refractivity contribution in [2.24, 2.45) is 5.73 Å². The first-order valence-electron chi connectivity index (χ1n) is 6.88. The van der Waals surface area contributed by atoms with E-state index in [-0.39, 0.29) is 18.6 Å². The van der Waals surface area contributed by atoms with Gasteiger partial charge >= 0.3 is 0 Å². The Hall–Kier alpha value is -1.88. The highest BCUT2D eigenvalue weighted by molar-refractivity contribution is 6.33. The predicted molar refractivity (Wildman–Crippen MR) is 82.6 cm³/mol. The number of nitriles is 1. The average Bonchev–Trinajstić information content (AvgIpc) is 2.46. The summed E-state index contributed by atoms with van der Waals surface area (Å²) in [7, 11) is 1.82. The van der Waals surface area contributed by atoms with Gasteiger partial charge in [0.1, 0.15) is 11.9 Å². The van der Waals surface area contributed by atoms with E-state index < -0.39 is 0 Å². The van der Waals surface area contributed by atoms with Gasteiger partial charge in [-0.2, -0.15) is 5.26 Å². The van der Waals surface area contributed by atoms with E-state index >= 15 is 0 Å². The number of nitrogens with zero attached hydrogens (tertiary/aromatic N) is 4. The first-order chi connectivity index (χ1) is 10.5. The van der Waals surface area contributed by atoms with Crippen LogP contribution in [0.15, 0.2) is 12.3 Å². The Morgan fingerprint density at radius 1 is 1.73 bits per heavy atom. The Kier molecular flexibility index (Phi) is 5.55. The molecule has 0 aliphatic carbocycles. The number of carbonyl (C=O) groups is 1. The molecule has 0 aromatic carbocycles. The molecule has 0 saturated carbocycles. The van der Waals surface area contributed by atoms with Gasteiger partial charge in [-0.1, -0.05) is 11.6 Å². The topological polar surface area (TPSA) is 95.5 Å². The first kappa shape index (κ1) is 16.5. The van der Waals surface area contributed by atoms with E-state index in [1.165, 1.54) is 6.20 Å². The fourth-order valence-electron chi connectivity index (χ4n) is 2.42. The van der Waals surface area contributed by atoms with Gasteiger partial charge in [0.2, 0.25) is 5.91 Å². The van der Waals surface area contributed by atoms with Crippen LogP contribution in [0.4, 0.5) is 5.82 Å². The molecular formula is C14H18ClN5O2. The predicted octanol–water partition coefficient (Wildman–Crippen LogP) is 0.229. The van der Waals surface area contributed by atoms with Crippen molar-refractivity contribution in [2.45, 2.75) is 6.10 Å². The second-order valence-corrected chi connectivity index (χ2v) is 5.65. The number of likely N-dealkylation sites (N-methyl/N-ethyl adjacent to an activating group) is 1. The highest BCUT2D eigenvalue weighted by atomic mass is 35.5. The van der Waals surface area contributed by atoms with Crippen molar-refractivity contribution in [3.63, 3.8) is 0 Å². The van der Waals surface area contributed by atoms with Crippen LogP contribution in [0.5, 0.6) is 0 Å². The molecule has 1 aliphatic rings. The summed E-state index contributed by atoms with van der Waals surface area (Å²) in [6, 6.07) is 3.62. The molecule has 2 heterocycles. The van der Waals surface area contributed by atoms with Crippen molar-refractivity contribution in [1.82, 2.24) is 9.88 Å². The normalized spacial score (nSPS) is 18.3. The molecule has 7 nitrogen and oxygen atoms in total. The van der Waals surface area contributed by atoms with Gasteiger partial charge < -0.3 is 15.4 Å². The third-order valence-corrected chi connectivity index (χ3v) is 3.61. The number of hydrogen-bond acceptors (Lipinski definition) is 6. The molecule has 1 aromatic rings. The number of pyridine rings is 1. The zero-order chi connectivity index (χ0) is 16.1. The van der Waals surface area contributed by atoms with E-state index in [9.17, 15) is 4.79 Å². The smallest absolute Gasteiger partial charge is 0.231 e. The van der Waals surface area contributed by atoms with Crippen LogP contribution in [-0.2, 0) is 9.53 Å². The number of primary amides is 1. The zero-order valence-corrected chi connectivity index (χ0v) is 13.1. The van der Waals surface area contributed by atoms with Gasteiger partial charge in [-0.15, -0.1) is 0 Å². The first-order valence-corrected chi connectivity index (χ1v) is 7.26. The van der Waals surface area contributed by atoms with Crippen molar-refractivity contribution in [1.29, 1.82) is 5.26 Å². The lowest BCUT2D eigenvalue weighted by molar-refractivity contribution is -0.119. The Morgan fingerprint density at radius 2 is 2.50 bits per heavy atom. The number of anilines is 1. The molecule has 1 aliphatic heterocycles.